The third kappa shape index (κ3) is 8.50. The predicted molar refractivity (Wildman–Crippen MR) is 169 cm³/mol. The highest BCUT2D eigenvalue weighted by Crippen LogP contribution is 2.31. The van der Waals surface area contributed by atoms with Crippen molar-refractivity contribution < 1.29 is 17.9 Å². The van der Waals surface area contributed by atoms with Crippen molar-refractivity contribution in [3.05, 3.63) is 83.9 Å². The van der Waals surface area contributed by atoms with Crippen LogP contribution in [0.4, 0.5) is 11.6 Å². The number of ether oxygens (including phenoxy) is 1. The number of rotatable bonds is 15. The zero-order valence-corrected chi connectivity index (χ0v) is 26.2. The Labute approximate surface area is 251 Å². The summed E-state index contributed by atoms with van der Waals surface area (Å²) in [5.41, 5.74) is 1.43. The van der Waals surface area contributed by atoms with Crippen LogP contribution in [0.5, 0.6) is 0 Å². The summed E-state index contributed by atoms with van der Waals surface area (Å²) in [5, 5.41) is -0.155. The number of carbonyl (C=O) groups excluding carboxylic acids is 1. The number of carbonyl (C=O) groups is 1. The quantitative estimate of drug-likeness (QED) is 0.107. The summed E-state index contributed by atoms with van der Waals surface area (Å²) in [6, 6.07) is 15.7. The van der Waals surface area contributed by atoms with E-state index in [9.17, 15) is 13.2 Å². The van der Waals surface area contributed by atoms with Gasteiger partial charge in [0.1, 0.15) is 11.6 Å². The van der Waals surface area contributed by atoms with Gasteiger partial charge in [0.25, 0.3) is 10.0 Å². The maximum absolute atomic E-state index is 13.5. The Kier molecular flexibility index (Phi) is 11.3. The second-order valence-corrected chi connectivity index (χ2v) is 12.6. The third-order valence-electron chi connectivity index (χ3n) is 6.33. The smallest absolute Gasteiger partial charge is 0.313 e. The molecule has 41 heavy (non-hydrogen) atoms. The maximum atomic E-state index is 13.5. The van der Waals surface area contributed by atoms with Crippen molar-refractivity contribution in [1.29, 1.82) is 0 Å². The van der Waals surface area contributed by atoms with Crippen molar-refractivity contribution in [2.45, 2.75) is 45.1 Å². The van der Waals surface area contributed by atoms with E-state index < -0.39 is 15.4 Å². The maximum Gasteiger partial charge on any atom is 0.313 e. The lowest BCUT2D eigenvalue weighted by Gasteiger charge is -2.32. The van der Waals surface area contributed by atoms with Gasteiger partial charge in [0.05, 0.1) is 17.7 Å². The summed E-state index contributed by atoms with van der Waals surface area (Å²) in [7, 11) is -4.09. The number of hydrogen-bond acceptors (Lipinski definition) is 7. The Balaban J connectivity index is 1.92. The van der Waals surface area contributed by atoms with E-state index >= 15 is 0 Å². The van der Waals surface area contributed by atoms with E-state index in [0.29, 0.717) is 29.1 Å². The lowest BCUT2D eigenvalue weighted by molar-refractivity contribution is -0.152. The summed E-state index contributed by atoms with van der Waals surface area (Å²) in [6.07, 6.45) is 6.18. The SMILES string of the molecule is C=CCCCCN(CC(C)(C)C(=O)OCC)c1cccc(S(=O)(=O)Nc2ccc(Br)c(-c3ccccc3C=C)n2)n1. The van der Waals surface area contributed by atoms with Crippen LogP contribution in [0.2, 0.25) is 0 Å². The van der Waals surface area contributed by atoms with Crippen molar-refractivity contribution in [2.75, 3.05) is 29.3 Å². The van der Waals surface area contributed by atoms with Crippen molar-refractivity contribution in [2.24, 2.45) is 5.41 Å². The molecule has 10 heteroatoms. The average molecular weight is 642 g/mol. The highest BCUT2D eigenvalue weighted by molar-refractivity contribution is 9.10. The fraction of sp³-hybridized carbons (Fsp3) is 0.323. The monoisotopic (exact) mass is 640 g/mol. The molecule has 0 aliphatic rings. The van der Waals surface area contributed by atoms with Gasteiger partial charge >= 0.3 is 5.97 Å². The minimum absolute atomic E-state index is 0.152. The number of sulfonamides is 1. The largest absolute Gasteiger partial charge is 0.466 e. The molecule has 1 aromatic carbocycles. The molecule has 0 amide bonds. The van der Waals surface area contributed by atoms with Crippen molar-refractivity contribution in [3.63, 3.8) is 0 Å². The van der Waals surface area contributed by atoms with Crippen LogP contribution >= 0.6 is 15.9 Å². The molecule has 0 fully saturated rings. The van der Waals surface area contributed by atoms with Crippen LogP contribution in [-0.2, 0) is 19.6 Å². The van der Waals surface area contributed by atoms with E-state index in [2.05, 4.69) is 43.8 Å². The molecular formula is C31H37BrN4O4S. The lowest BCUT2D eigenvalue weighted by Crippen LogP contribution is -2.41. The van der Waals surface area contributed by atoms with Crippen LogP contribution in [0.3, 0.4) is 0 Å². The standard InChI is InChI=1S/C31H37BrN4O4S/c1-6-9-10-13-21-36(22-31(4,5)30(37)40-8-3)27-17-14-18-28(34-27)41(38,39)35-26-20-19-25(32)29(33-26)24-16-12-11-15-23(24)7-2/h6-7,11-12,14-20H,1-2,8-10,13,21-22H2,3-5H3,(H,33,35). The lowest BCUT2D eigenvalue weighted by atomic mass is 9.92. The van der Waals surface area contributed by atoms with Crippen LogP contribution in [0.1, 0.15) is 45.6 Å². The number of pyridine rings is 2. The Hall–Kier alpha value is -3.50. The average Bonchev–Trinajstić information content (AvgIpc) is 2.95. The Bertz CT molecular complexity index is 1490. The number of unbranched alkanes of at least 4 members (excludes halogenated alkanes) is 2. The first-order valence-electron chi connectivity index (χ1n) is 13.4. The van der Waals surface area contributed by atoms with Gasteiger partial charge in [0.2, 0.25) is 0 Å². The Morgan fingerprint density at radius 2 is 1.83 bits per heavy atom. The zero-order valence-electron chi connectivity index (χ0n) is 23.8. The summed E-state index contributed by atoms with van der Waals surface area (Å²) in [6.45, 7) is 14.2. The number of halogens is 1. The van der Waals surface area contributed by atoms with Crippen LogP contribution < -0.4 is 9.62 Å². The molecule has 2 aromatic heterocycles. The van der Waals surface area contributed by atoms with E-state index in [1.807, 2.05) is 49.1 Å². The molecule has 0 aliphatic carbocycles. The summed E-state index contributed by atoms with van der Waals surface area (Å²) >= 11 is 3.52. The topological polar surface area (TPSA) is 101 Å². The van der Waals surface area contributed by atoms with Gasteiger partial charge in [-0.1, -0.05) is 49.1 Å². The van der Waals surface area contributed by atoms with Gasteiger partial charge in [0.15, 0.2) is 5.03 Å². The molecule has 0 bridgehead atoms. The van der Waals surface area contributed by atoms with Gasteiger partial charge < -0.3 is 9.64 Å². The van der Waals surface area contributed by atoms with E-state index in [1.54, 1.807) is 37.3 Å². The van der Waals surface area contributed by atoms with Gasteiger partial charge in [-0.15, -0.1) is 6.58 Å². The third-order valence-corrected chi connectivity index (χ3v) is 8.23. The van der Waals surface area contributed by atoms with Crippen molar-refractivity contribution in [1.82, 2.24) is 9.97 Å². The first-order valence-corrected chi connectivity index (χ1v) is 15.7. The Morgan fingerprint density at radius 1 is 1.07 bits per heavy atom. The number of anilines is 2. The summed E-state index contributed by atoms with van der Waals surface area (Å²) in [4.78, 5) is 23.6. The molecule has 0 spiro atoms. The highest BCUT2D eigenvalue weighted by Gasteiger charge is 2.32. The van der Waals surface area contributed by atoms with Gasteiger partial charge in [-0.25, -0.2) is 9.97 Å². The van der Waals surface area contributed by atoms with E-state index in [1.165, 1.54) is 6.07 Å². The number of nitrogens with zero attached hydrogens (tertiary/aromatic N) is 3. The number of benzene rings is 1. The number of nitrogens with one attached hydrogen (secondary N) is 1. The van der Waals surface area contributed by atoms with E-state index in [-0.39, 0.29) is 23.4 Å². The van der Waals surface area contributed by atoms with Crippen LogP contribution in [0.15, 0.2) is 83.3 Å². The van der Waals surface area contributed by atoms with Gasteiger partial charge in [-0.05, 0) is 85.8 Å². The van der Waals surface area contributed by atoms with Gasteiger partial charge in [-0.2, -0.15) is 8.42 Å². The first-order chi connectivity index (χ1) is 19.5. The molecule has 0 radical (unpaired) electrons. The van der Waals surface area contributed by atoms with Gasteiger partial charge in [-0.3, -0.25) is 9.52 Å². The summed E-state index contributed by atoms with van der Waals surface area (Å²) in [5.74, 6) is 0.281. The zero-order chi connectivity index (χ0) is 30.0. The summed E-state index contributed by atoms with van der Waals surface area (Å²) < 4.78 is 35.5. The van der Waals surface area contributed by atoms with Crippen molar-refractivity contribution in [3.8, 4) is 11.3 Å². The molecule has 0 atom stereocenters. The van der Waals surface area contributed by atoms with Gasteiger partial charge in [0, 0.05) is 23.1 Å². The fourth-order valence-corrected chi connectivity index (χ4v) is 5.63. The molecule has 0 aliphatic heterocycles. The van der Waals surface area contributed by atoms with Crippen LogP contribution in [-0.4, -0.2) is 44.1 Å². The minimum atomic E-state index is -4.09. The molecule has 1 N–H and O–H groups in total. The number of esters is 1. The molecule has 2 heterocycles. The Morgan fingerprint density at radius 3 is 2.54 bits per heavy atom. The number of aromatic nitrogens is 2. The van der Waals surface area contributed by atoms with Crippen LogP contribution in [0, 0.1) is 5.41 Å². The second kappa shape index (κ2) is 14.4. The molecule has 218 valence electrons. The molecular weight excluding hydrogens is 604 g/mol. The number of allylic oxidation sites excluding steroid dienone is 1. The molecule has 0 saturated carbocycles. The minimum Gasteiger partial charge on any atom is -0.466 e. The van der Waals surface area contributed by atoms with E-state index in [4.69, 9.17) is 4.74 Å². The second-order valence-electron chi connectivity index (χ2n) is 10.1. The molecule has 0 unspecified atom stereocenters. The number of hydrogen-bond donors (Lipinski definition) is 1. The molecule has 3 aromatic rings. The molecule has 0 saturated heterocycles. The first kappa shape index (κ1) is 32.0. The molecule has 8 nitrogen and oxygen atoms in total. The van der Waals surface area contributed by atoms with Crippen LogP contribution in [0.25, 0.3) is 17.3 Å². The normalized spacial score (nSPS) is 11.5. The van der Waals surface area contributed by atoms with E-state index in [0.717, 1.165) is 30.4 Å². The molecule has 3 rings (SSSR count). The predicted octanol–water partition coefficient (Wildman–Crippen LogP) is 7.10. The fourth-order valence-electron chi connectivity index (χ4n) is 4.23. The highest BCUT2D eigenvalue weighted by atomic mass is 79.9. The van der Waals surface area contributed by atoms with Crippen molar-refractivity contribution >= 4 is 49.6 Å².